The van der Waals surface area contributed by atoms with Crippen LogP contribution in [0.3, 0.4) is 0 Å². The van der Waals surface area contributed by atoms with Gasteiger partial charge in [0.1, 0.15) is 6.61 Å². The predicted octanol–water partition coefficient (Wildman–Crippen LogP) is 7.42. The molecule has 0 spiro atoms. The lowest BCUT2D eigenvalue weighted by Gasteiger charge is -2.14. The minimum Gasteiger partial charge on any atom is -0.493 e. The molecule has 0 atom stereocenters. The van der Waals surface area contributed by atoms with Crippen LogP contribution in [0.15, 0.2) is 62.4 Å². The number of carbonyl (C=O) groups excluding carboxylic acids is 2. The van der Waals surface area contributed by atoms with Gasteiger partial charge in [-0.05, 0) is 80.8 Å². The standard InChI is InChI=1S/C26H18Br2ClNO6S/c1-33-22-7-15(6-18(28)24(22)34-12-14-2-4-17(27)5-3-14)8-23-25(31)30(26(32)37-23)11-16-9-20-21(10-19(16)29)36-13-35-20/h2-10H,11-13H2,1H3/b23-8+. The van der Waals surface area contributed by atoms with Crippen LogP contribution < -0.4 is 18.9 Å². The number of hydrogen-bond donors (Lipinski definition) is 0. The van der Waals surface area contributed by atoms with Gasteiger partial charge in [-0.25, -0.2) is 0 Å². The Labute approximate surface area is 238 Å². The van der Waals surface area contributed by atoms with Crippen LogP contribution >= 0.6 is 55.2 Å². The van der Waals surface area contributed by atoms with Crippen molar-refractivity contribution in [3.8, 4) is 23.0 Å². The van der Waals surface area contributed by atoms with E-state index in [1.165, 1.54) is 0 Å². The van der Waals surface area contributed by atoms with E-state index in [1.54, 1.807) is 31.4 Å². The van der Waals surface area contributed by atoms with Gasteiger partial charge in [-0.1, -0.05) is 39.7 Å². The zero-order valence-electron chi connectivity index (χ0n) is 19.3. The first kappa shape index (κ1) is 26.0. The van der Waals surface area contributed by atoms with Crippen molar-refractivity contribution in [1.82, 2.24) is 4.90 Å². The molecular weight excluding hydrogens is 650 g/mol. The van der Waals surface area contributed by atoms with Gasteiger partial charge >= 0.3 is 0 Å². The Bertz CT molecular complexity index is 1430. The third kappa shape index (κ3) is 5.62. The largest absolute Gasteiger partial charge is 0.493 e. The highest BCUT2D eigenvalue weighted by Crippen LogP contribution is 2.41. The Morgan fingerprint density at radius 1 is 1.08 bits per heavy atom. The van der Waals surface area contributed by atoms with Crippen LogP contribution in [0, 0.1) is 0 Å². The van der Waals surface area contributed by atoms with Crippen molar-refractivity contribution in [2.45, 2.75) is 13.2 Å². The monoisotopic (exact) mass is 665 g/mol. The summed E-state index contributed by atoms with van der Waals surface area (Å²) in [5.41, 5.74) is 2.26. The number of methoxy groups -OCH3 is 1. The molecule has 3 aromatic carbocycles. The van der Waals surface area contributed by atoms with E-state index in [0.29, 0.717) is 55.1 Å². The highest BCUT2D eigenvalue weighted by atomic mass is 79.9. The minimum absolute atomic E-state index is 0.0212. The number of nitrogens with zero attached hydrogens (tertiary/aromatic N) is 1. The summed E-state index contributed by atoms with van der Waals surface area (Å²) in [5, 5.41) is 0.00476. The molecule has 3 aromatic rings. The fourth-order valence-corrected chi connectivity index (χ4v) is 5.63. The molecule has 5 rings (SSSR count). The Balaban J connectivity index is 1.34. The molecule has 0 unspecified atom stereocenters. The fraction of sp³-hybridized carbons (Fsp3) is 0.154. The summed E-state index contributed by atoms with van der Waals surface area (Å²) in [6.07, 6.45) is 1.65. The van der Waals surface area contributed by atoms with Crippen molar-refractivity contribution in [3.63, 3.8) is 0 Å². The second-order valence-corrected chi connectivity index (χ2v) is 11.2. The summed E-state index contributed by atoms with van der Waals surface area (Å²) >= 11 is 14.2. The van der Waals surface area contributed by atoms with Crippen molar-refractivity contribution in [2.24, 2.45) is 0 Å². The number of ether oxygens (including phenoxy) is 4. The summed E-state index contributed by atoms with van der Waals surface area (Å²) in [7, 11) is 1.54. The summed E-state index contributed by atoms with van der Waals surface area (Å²) in [6.45, 7) is 0.475. The number of hydrogen-bond acceptors (Lipinski definition) is 7. The van der Waals surface area contributed by atoms with E-state index in [4.69, 9.17) is 30.5 Å². The van der Waals surface area contributed by atoms with Gasteiger partial charge in [-0.2, -0.15) is 0 Å². The van der Waals surface area contributed by atoms with Gasteiger partial charge in [0, 0.05) is 15.6 Å². The molecule has 7 nitrogen and oxygen atoms in total. The number of amides is 2. The van der Waals surface area contributed by atoms with Crippen LogP contribution in [0.25, 0.3) is 6.08 Å². The van der Waals surface area contributed by atoms with E-state index < -0.39 is 5.91 Å². The minimum atomic E-state index is -0.408. The summed E-state index contributed by atoms with van der Waals surface area (Å²) in [4.78, 5) is 27.2. The number of benzene rings is 3. The molecule has 0 N–H and O–H groups in total. The van der Waals surface area contributed by atoms with Crippen molar-refractivity contribution < 1.29 is 28.5 Å². The number of rotatable bonds is 7. The SMILES string of the molecule is COc1cc(/C=C2/SC(=O)N(Cc3cc4c(cc3Cl)OCO4)C2=O)cc(Br)c1OCc1ccc(Br)cc1. The third-order valence-corrected chi connectivity index (χ3v) is 7.97. The second-order valence-electron chi connectivity index (χ2n) is 8.01. The number of halogens is 3. The van der Waals surface area contributed by atoms with Crippen LogP contribution in [0.4, 0.5) is 4.79 Å². The Morgan fingerprint density at radius 2 is 1.81 bits per heavy atom. The molecule has 1 fully saturated rings. The molecule has 0 aliphatic carbocycles. The van der Waals surface area contributed by atoms with Crippen molar-refractivity contribution >= 4 is 72.4 Å². The van der Waals surface area contributed by atoms with Crippen LogP contribution in [-0.4, -0.2) is 29.9 Å². The predicted molar refractivity (Wildman–Crippen MR) is 148 cm³/mol. The van der Waals surface area contributed by atoms with Crippen LogP contribution in [0.1, 0.15) is 16.7 Å². The maximum absolute atomic E-state index is 13.1. The highest BCUT2D eigenvalue weighted by Gasteiger charge is 2.36. The Morgan fingerprint density at radius 3 is 2.54 bits per heavy atom. The first-order chi connectivity index (χ1) is 17.8. The Hall–Kier alpha value is -2.66. The molecule has 2 heterocycles. The van der Waals surface area contributed by atoms with E-state index in [-0.39, 0.29) is 18.6 Å². The smallest absolute Gasteiger partial charge is 0.293 e. The number of carbonyl (C=O) groups is 2. The lowest BCUT2D eigenvalue weighted by Crippen LogP contribution is -2.27. The lowest BCUT2D eigenvalue weighted by atomic mass is 10.1. The maximum atomic E-state index is 13.1. The zero-order valence-corrected chi connectivity index (χ0v) is 24.0. The average molecular weight is 668 g/mol. The molecule has 0 saturated carbocycles. The molecule has 0 bridgehead atoms. The van der Waals surface area contributed by atoms with Crippen LogP contribution in [0.2, 0.25) is 5.02 Å². The maximum Gasteiger partial charge on any atom is 0.293 e. The molecule has 2 aliphatic heterocycles. The lowest BCUT2D eigenvalue weighted by molar-refractivity contribution is -0.123. The fourth-order valence-electron chi connectivity index (χ4n) is 3.74. The first-order valence-electron chi connectivity index (χ1n) is 10.9. The number of fused-ring (bicyclic) bond motifs is 1. The van der Waals surface area contributed by atoms with Crippen molar-refractivity contribution in [3.05, 3.63) is 84.1 Å². The molecule has 190 valence electrons. The summed E-state index contributed by atoms with van der Waals surface area (Å²) < 4.78 is 23.9. The molecule has 0 radical (unpaired) electrons. The van der Waals surface area contributed by atoms with Crippen LogP contribution in [0.5, 0.6) is 23.0 Å². The highest BCUT2D eigenvalue weighted by molar-refractivity contribution is 9.10. The van der Waals surface area contributed by atoms with Crippen LogP contribution in [-0.2, 0) is 17.9 Å². The molecular formula is C26H18Br2ClNO6S. The second kappa shape index (κ2) is 11.0. The average Bonchev–Trinajstić information content (AvgIpc) is 3.43. The normalized spacial score (nSPS) is 15.6. The van der Waals surface area contributed by atoms with Gasteiger partial charge in [0.25, 0.3) is 11.1 Å². The van der Waals surface area contributed by atoms with E-state index in [1.807, 2.05) is 30.3 Å². The molecule has 37 heavy (non-hydrogen) atoms. The number of imide groups is 1. The van der Waals surface area contributed by atoms with E-state index in [2.05, 4.69) is 31.9 Å². The molecule has 11 heteroatoms. The summed E-state index contributed by atoms with van der Waals surface area (Å²) in [6, 6.07) is 14.7. The van der Waals surface area contributed by atoms with Gasteiger partial charge in [-0.15, -0.1) is 0 Å². The van der Waals surface area contributed by atoms with E-state index in [9.17, 15) is 9.59 Å². The van der Waals surface area contributed by atoms with Gasteiger partial charge in [0.05, 0.1) is 23.0 Å². The molecule has 0 aromatic heterocycles. The third-order valence-electron chi connectivity index (χ3n) is 5.59. The van der Waals surface area contributed by atoms with E-state index >= 15 is 0 Å². The Kier molecular flexibility index (Phi) is 7.71. The quantitative estimate of drug-likeness (QED) is 0.243. The molecule has 2 aliphatic rings. The molecule has 1 saturated heterocycles. The number of thioether (sulfide) groups is 1. The van der Waals surface area contributed by atoms with Gasteiger partial charge in [-0.3, -0.25) is 14.5 Å². The first-order valence-corrected chi connectivity index (χ1v) is 13.7. The van der Waals surface area contributed by atoms with Gasteiger partial charge < -0.3 is 18.9 Å². The zero-order chi connectivity index (χ0) is 26.1. The summed E-state index contributed by atoms with van der Waals surface area (Å²) in [5.74, 6) is 1.68. The van der Waals surface area contributed by atoms with E-state index in [0.717, 1.165) is 26.7 Å². The van der Waals surface area contributed by atoms with Gasteiger partial charge in [0.2, 0.25) is 6.79 Å². The van der Waals surface area contributed by atoms with Gasteiger partial charge in [0.15, 0.2) is 23.0 Å². The van der Waals surface area contributed by atoms with Crippen molar-refractivity contribution in [1.29, 1.82) is 0 Å². The topological polar surface area (TPSA) is 74.3 Å². The molecule has 2 amide bonds. The van der Waals surface area contributed by atoms with Crippen molar-refractivity contribution in [2.75, 3.05) is 13.9 Å².